The number of phenolic OH excluding ortho intramolecular Hbond substituents is 1. The fraction of sp³-hybridized carbons (Fsp3) is 0.758. The first-order chi connectivity index (χ1) is 19.4. The van der Waals surface area contributed by atoms with Crippen LogP contribution in [0.15, 0.2) is 12.1 Å². The van der Waals surface area contributed by atoms with Crippen molar-refractivity contribution in [3.8, 4) is 11.5 Å². The van der Waals surface area contributed by atoms with Crippen LogP contribution >= 0.6 is 0 Å². The van der Waals surface area contributed by atoms with Gasteiger partial charge in [-0.15, -0.1) is 0 Å². The van der Waals surface area contributed by atoms with Gasteiger partial charge in [-0.25, -0.2) is 0 Å². The van der Waals surface area contributed by atoms with Gasteiger partial charge in [-0.1, -0.05) is 57.4 Å². The topological polar surface area (TPSA) is 96.3 Å². The third-order valence-corrected chi connectivity index (χ3v) is 9.09. The van der Waals surface area contributed by atoms with E-state index in [1.165, 1.54) is 45.4 Å². The number of phenols is 1. The van der Waals surface area contributed by atoms with Crippen molar-refractivity contribution in [2.24, 2.45) is 5.92 Å². The molecule has 2 unspecified atom stereocenters. The number of hydrogen-bond donors (Lipinski definition) is 2. The molecule has 40 heavy (non-hydrogen) atoms. The molecule has 7 nitrogen and oxygen atoms in total. The molecule has 1 aromatic carbocycles. The van der Waals surface area contributed by atoms with Crippen LogP contribution in [-0.2, 0) is 27.3 Å². The lowest BCUT2D eigenvalue weighted by Crippen LogP contribution is -2.24. The van der Waals surface area contributed by atoms with E-state index in [2.05, 4.69) is 0 Å². The number of amides is 1. The van der Waals surface area contributed by atoms with Crippen molar-refractivity contribution in [2.45, 2.75) is 147 Å². The summed E-state index contributed by atoms with van der Waals surface area (Å²) in [7, 11) is 0. The fourth-order valence-corrected chi connectivity index (χ4v) is 6.84. The molecule has 0 aromatic heterocycles. The second-order valence-electron chi connectivity index (χ2n) is 12.5. The summed E-state index contributed by atoms with van der Waals surface area (Å²) in [6, 6.07) is 3.85. The number of rotatable bonds is 15. The number of nitrogens with zero attached hydrogens (tertiary/aromatic N) is 1. The predicted octanol–water partition coefficient (Wildman–Crippen LogP) is 6.59. The van der Waals surface area contributed by atoms with Gasteiger partial charge < -0.3 is 24.6 Å². The monoisotopic (exact) mass is 557 g/mol. The second kappa shape index (κ2) is 15.6. The SMILES string of the molecule is CC(=O)OC(CCc1cc(CN2CCCC2=O)c(O)c(OC2CCCC2)c1)CC(O)CCCCC1CCCCC1. The third-order valence-electron chi connectivity index (χ3n) is 9.09. The van der Waals surface area contributed by atoms with Crippen molar-refractivity contribution in [3.63, 3.8) is 0 Å². The molecule has 1 amide bonds. The van der Waals surface area contributed by atoms with Gasteiger partial charge in [0.05, 0.1) is 12.2 Å². The standard InChI is InChI=1S/C33H51NO6/c1-24(35)39-30(22-28(36)13-6-5-12-25-10-3-2-4-11-25)18-17-26-20-27(23-34-19-9-16-32(34)37)33(38)31(21-26)40-29-14-7-8-15-29/h20-21,25,28-30,36,38H,2-19,22-23H2,1H3. The molecule has 0 radical (unpaired) electrons. The van der Waals surface area contributed by atoms with E-state index in [-0.39, 0.29) is 29.8 Å². The highest BCUT2D eigenvalue weighted by Crippen LogP contribution is 2.37. The van der Waals surface area contributed by atoms with Crippen LogP contribution in [0.25, 0.3) is 0 Å². The summed E-state index contributed by atoms with van der Waals surface area (Å²) < 4.78 is 11.9. The Morgan fingerprint density at radius 1 is 1.02 bits per heavy atom. The van der Waals surface area contributed by atoms with Gasteiger partial charge in [0.25, 0.3) is 0 Å². The highest BCUT2D eigenvalue weighted by molar-refractivity contribution is 5.78. The molecule has 0 bridgehead atoms. The number of carbonyl (C=O) groups excluding carboxylic acids is 2. The number of ether oxygens (including phenoxy) is 2. The lowest BCUT2D eigenvalue weighted by molar-refractivity contribution is -0.148. The van der Waals surface area contributed by atoms with Crippen molar-refractivity contribution in [1.82, 2.24) is 4.90 Å². The molecular weight excluding hydrogens is 506 g/mol. The van der Waals surface area contributed by atoms with E-state index in [0.717, 1.165) is 62.8 Å². The zero-order valence-electron chi connectivity index (χ0n) is 24.6. The summed E-state index contributed by atoms with van der Waals surface area (Å²) in [6.45, 7) is 2.49. The largest absolute Gasteiger partial charge is 0.504 e. The summed E-state index contributed by atoms with van der Waals surface area (Å²) in [5, 5.41) is 21.8. The first-order valence-electron chi connectivity index (χ1n) is 16.0. The highest BCUT2D eigenvalue weighted by atomic mass is 16.5. The molecule has 3 fully saturated rings. The molecular formula is C33H51NO6. The minimum absolute atomic E-state index is 0.101. The molecule has 2 saturated carbocycles. The molecule has 2 atom stereocenters. The maximum Gasteiger partial charge on any atom is 0.302 e. The fourth-order valence-electron chi connectivity index (χ4n) is 6.84. The van der Waals surface area contributed by atoms with Gasteiger partial charge in [0, 0.05) is 38.4 Å². The van der Waals surface area contributed by atoms with Crippen LogP contribution in [-0.4, -0.2) is 51.8 Å². The van der Waals surface area contributed by atoms with Gasteiger partial charge in [-0.3, -0.25) is 9.59 Å². The average molecular weight is 558 g/mol. The van der Waals surface area contributed by atoms with E-state index in [9.17, 15) is 19.8 Å². The van der Waals surface area contributed by atoms with Gasteiger partial charge in [0.15, 0.2) is 11.5 Å². The maximum atomic E-state index is 12.3. The molecule has 2 aliphatic carbocycles. The number of esters is 1. The van der Waals surface area contributed by atoms with E-state index in [1.807, 2.05) is 12.1 Å². The van der Waals surface area contributed by atoms with E-state index in [4.69, 9.17) is 9.47 Å². The van der Waals surface area contributed by atoms with Gasteiger partial charge in [-0.2, -0.15) is 0 Å². The van der Waals surface area contributed by atoms with Crippen LogP contribution in [0.1, 0.15) is 127 Å². The smallest absolute Gasteiger partial charge is 0.302 e. The van der Waals surface area contributed by atoms with E-state index < -0.39 is 6.10 Å². The summed E-state index contributed by atoms with van der Waals surface area (Å²) in [5.41, 5.74) is 1.68. The Bertz CT molecular complexity index is 953. The Balaban J connectivity index is 1.35. The van der Waals surface area contributed by atoms with Crippen molar-refractivity contribution in [1.29, 1.82) is 0 Å². The van der Waals surface area contributed by atoms with E-state index >= 15 is 0 Å². The Morgan fingerprint density at radius 3 is 2.48 bits per heavy atom. The molecule has 4 rings (SSSR count). The number of aromatic hydroxyl groups is 1. The maximum absolute atomic E-state index is 12.3. The van der Waals surface area contributed by atoms with Crippen LogP contribution < -0.4 is 4.74 Å². The highest BCUT2D eigenvalue weighted by Gasteiger charge is 2.25. The minimum Gasteiger partial charge on any atom is -0.504 e. The van der Waals surface area contributed by atoms with Gasteiger partial charge in [0.1, 0.15) is 6.10 Å². The number of aliphatic hydroxyl groups excluding tert-OH is 1. The molecule has 224 valence electrons. The van der Waals surface area contributed by atoms with Gasteiger partial charge in [-0.05, 0) is 68.9 Å². The number of unbranched alkanes of at least 4 members (excludes halogenated alkanes) is 1. The number of aliphatic hydroxyl groups is 1. The number of aryl methyl sites for hydroxylation is 1. The third kappa shape index (κ3) is 9.67. The first-order valence-corrected chi connectivity index (χ1v) is 16.0. The molecule has 1 heterocycles. The molecule has 2 N–H and O–H groups in total. The Hall–Kier alpha value is -2.28. The number of likely N-dealkylation sites (tertiary alicyclic amines) is 1. The molecule has 7 heteroatoms. The van der Waals surface area contributed by atoms with E-state index in [1.54, 1.807) is 4.90 Å². The second-order valence-corrected chi connectivity index (χ2v) is 12.5. The van der Waals surface area contributed by atoms with Crippen LogP contribution in [0, 0.1) is 5.92 Å². The Morgan fingerprint density at radius 2 is 1.77 bits per heavy atom. The van der Waals surface area contributed by atoms with Gasteiger partial charge in [0.2, 0.25) is 5.91 Å². The lowest BCUT2D eigenvalue weighted by Gasteiger charge is -2.23. The average Bonchev–Trinajstić information content (AvgIpc) is 3.59. The summed E-state index contributed by atoms with van der Waals surface area (Å²) in [5.74, 6) is 1.24. The summed E-state index contributed by atoms with van der Waals surface area (Å²) >= 11 is 0. The van der Waals surface area contributed by atoms with Gasteiger partial charge >= 0.3 is 5.97 Å². The molecule has 1 saturated heterocycles. The zero-order chi connectivity index (χ0) is 28.3. The van der Waals surface area contributed by atoms with Crippen LogP contribution in [0.4, 0.5) is 0 Å². The number of benzene rings is 1. The summed E-state index contributed by atoms with van der Waals surface area (Å²) in [6.07, 6.45) is 17.5. The van der Waals surface area contributed by atoms with E-state index in [0.29, 0.717) is 50.1 Å². The Labute approximate surface area is 240 Å². The predicted molar refractivity (Wildman–Crippen MR) is 155 cm³/mol. The molecule has 1 aliphatic heterocycles. The van der Waals surface area contributed by atoms with Crippen LogP contribution in [0.3, 0.4) is 0 Å². The van der Waals surface area contributed by atoms with Crippen molar-refractivity contribution in [3.05, 3.63) is 23.3 Å². The quantitative estimate of drug-likeness (QED) is 0.187. The molecule has 1 aromatic rings. The molecule has 3 aliphatic rings. The zero-order valence-corrected chi connectivity index (χ0v) is 24.6. The Kier molecular flexibility index (Phi) is 12.0. The van der Waals surface area contributed by atoms with Crippen molar-refractivity contribution >= 4 is 11.9 Å². The summed E-state index contributed by atoms with van der Waals surface area (Å²) in [4.78, 5) is 25.9. The van der Waals surface area contributed by atoms with Crippen LogP contribution in [0.2, 0.25) is 0 Å². The molecule has 0 spiro atoms. The van der Waals surface area contributed by atoms with Crippen LogP contribution in [0.5, 0.6) is 11.5 Å². The minimum atomic E-state index is -0.492. The number of carbonyl (C=O) groups is 2. The normalized spacial score (nSPS) is 20.1. The van der Waals surface area contributed by atoms with Crippen molar-refractivity contribution < 1.29 is 29.3 Å². The lowest BCUT2D eigenvalue weighted by atomic mass is 9.85. The first kappa shape index (κ1) is 30.7. The number of hydrogen-bond acceptors (Lipinski definition) is 6. The van der Waals surface area contributed by atoms with Crippen molar-refractivity contribution in [2.75, 3.05) is 6.54 Å².